The minimum absolute atomic E-state index is 0.0125. The molecule has 0 saturated heterocycles. The number of nitro groups is 1. The first-order valence-electron chi connectivity index (χ1n) is 7.11. The number of non-ortho nitro benzene ring substituents is 1. The normalized spacial score (nSPS) is 10.3. The summed E-state index contributed by atoms with van der Waals surface area (Å²) in [4.78, 5) is 34.0. The Morgan fingerprint density at radius 1 is 1.28 bits per heavy atom. The van der Waals surface area contributed by atoms with E-state index in [0.29, 0.717) is 16.4 Å². The predicted molar refractivity (Wildman–Crippen MR) is 88.4 cm³/mol. The minimum atomic E-state index is -0.521. The van der Waals surface area contributed by atoms with Crippen LogP contribution in [0.25, 0.3) is 0 Å². The Morgan fingerprint density at radius 3 is 2.56 bits per heavy atom. The van der Waals surface area contributed by atoms with Crippen LogP contribution in [-0.2, 0) is 20.9 Å². The van der Waals surface area contributed by atoms with Crippen LogP contribution in [0.3, 0.4) is 0 Å². The van der Waals surface area contributed by atoms with Gasteiger partial charge in [-0.25, -0.2) is 4.79 Å². The van der Waals surface area contributed by atoms with E-state index in [2.05, 4.69) is 4.74 Å². The molecule has 132 valence electrons. The number of hydrogen-bond donors (Lipinski definition) is 0. The maximum absolute atomic E-state index is 11.8. The van der Waals surface area contributed by atoms with Gasteiger partial charge in [0.15, 0.2) is 0 Å². The van der Waals surface area contributed by atoms with Crippen LogP contribution >= 0.6 is 11.8 Å². The summed E-state index contributed by atoms with van der Waals surface area (Å²) in [5, 5.41) is 10.6. The van der Waals surface area contributed by atoms with Crippen molar-refractivity contribution in [1.29, 1.82) is 0 Å². The smallest absolute Gasteiger partial charge is 0.341 e. The largest absolute Gasteiger partial charge is 0.465 e. The van der Waals surface area contributed by atoms with E-state index in [4.69, 9.17) is 9.15 Å². The van der Waals surface area contributed by atoms with Crippen molar-refractivity contribution in [3.05, 3.63) is 57.5 Å². The van der Waals surface area contributed by atoms with Gasteiger partial charge >= 0.3 is 11.9 Å². The van der Waals surface area contributed by atoms with E-state index >= 15 is 0 Å². The summed E-state index contributed by atoms with van der Waals surface area (Å²) in [6, 6.07) is 7.34. The van der Waals surface area contributed by atoms with Gasteiger partial charge in [-0.05, 0) is 25.1 Å². The maximum Gasteiger partial charge on any atom is 0.341 e. The monoisotopic (exact) mass is 365 g/mol. The number of carbonyl (C=O) groups is 2. The number of rotatable bonds is 7. The number of nitrogens with zero attached hydrogens (tertiary/aromatic N) is 1. The molecule has 0 spiro atoms. The van der Waals surface area contributed by atoms with Crippen LogP contribution < -0.4 is 0 Å². The second kappa shape index (κ2) is 8.34. The van der Waals surface area contributed by atoms with Crippen molar-refractivity contribution in [2.45, 2.75) is 18.4 Å². The number of benzene rings is 1. The first-order valence-corrected chi connectivity index (χ1v) is 8.09. The fourth-order valence-corrected chi connectivity index (χ4v) is 2.62. The van der Waals surface area contributed by atoms with Crippen molar-refractivity contribution < 1.29 is 28.4 Å². The Labute approximate surface area is 147 Å². The molecular weight excluding hydrogens is 350 g/mol. The molecule has 0 aliphatic rings. The second-order valence-corrected chi connectivity index (χ2v) is 5.92. The molecule has 1 aromatic carbocycles. The highest BCUT2D eigenvalue weighted by atomic mass is 32.2. The minimum Gasteiger partial charge on any atom is -0.465 e. The van der Waals surface area contributed by atoms with E-state index in [1.165, 1.54) is 37.1 Å². The second-order valence-electron chi connectivity index (χ2n) is 4.87. The van der Waals surface area contributed by atoms with Gasteiger partial charge in [0.25, 0.3) is 5.69 Å². The lowest BCUT2D eigenvalue weighted by atomic mass is 10.2. The van der Waals surface area contributed by atoms with E-state index in [0.717, 1.165) is 0 Å². The Kier molecular flexibility index (Phi) is 6.18. The van der Waals surface area contributed by atoms with Crippen LogP contribution in [0.15, 0.2) is 39.6 Å². The number of thioether (sulfide) groups is 1. The van der Waals surface area contributed by atoms with Crippen molar-refractivity contribution in [2.24, 2.45) is 0 Å². The van der Waals surface area contributed by atoms with Gasteiger partial charge in [-0.15, -0.1) is 11.8 Å². The van der Waals surface area contributed by atoms with Gasteiger partial charge in [0.05, 0.1) is 17.8 Å². The average Bonchev–Trinajstić information content (AvgIpc) is 2.98. The van der Waals surface area contributed by atoms with Crippen molar-refractivity contribution >= 4 is 29.4 Å². The molecule has 0 amide bonds. The van der Waals surface area contributed by atoms with Crippen LogP contribution in [0, 0.1) is 17.0 Å². The number of carbonyl (C=O) groups excluding carboxylic acids is 2. The highest BCUT2D eigenvalue weighted by Crippen LogP contribution is 2.22. The fourth-order valence-electron chi connectivity index (χ4n) is 1.93. The summed E-state index contributed by atoms with van der Waals surface area (Å²) < 4.78 is 15.0. The average molecular weight is 365 g/mol. The summed E-state index contributed by atoms with van der Waals surface area (Å²) in [5.74, 6) is -0.226. The van der Waals surface area contributed by atoms with E-state index in [-0.39, 0.29) is 23.6 Å². The molecule has 0 atom stereocenters. The zero-order valence-electron chi connectivity index (χ0n) is 13.5. The van der Waals surface area contributed by atoms with Gasteiger partial charge in [-0.3, -0.25) is 14.9 Å². The SMILES string of the molecule is COC(=O)c1cc(COC(=O)CSc2ccc([N+](=O)[O-])cc2)oc1C. The summed E-state index contributed by atoms with van der Waals surface area (Å²) in [5.41, 5.74) is 0.273. The zero-order valence-corrected chi connectivity index (χ0v) is 14.3. The van der Waals surface area contributed by atoms with E-state index in [1.807, 2.05) is 0 Å². The van der Waals surface area contributed by atoms with Crippen LogP contribution in [-0.4, -0.2) is 29.7 Å². The van der Waals surface area contributed by atoms with Crippen LogP contribution in [0.4, 0.5) is 5.69 Å². The molecular formula is C16H15NO7S. The molecule has 25 heavy (non-hydrogen) atoms. The summed E-state index contributed by atoms with van der Waals surface area (Å²) in [7, 11) is 1.27. The fraction of sp³-hybridized carbons (Fsp3) is 0.250. The summed E-state index contributed by atoms with van der Waals surface area (Å²) in [6.45, 7) is 1.51. The lowest BCUT2D eigenvalue weighted by Crippen LogP contribution is -2.07. The Balaban J connectivity index is 1.82. The third kappa shape index (κ3) is 5.08. The van der Waals surface area contributed by atoms with Gasteiger partial charge in [-0.2, -0.15) is 0 Å². The molecule has 0 aliphatic carbocycles. The maximum atomic E-state index is 11.8. The molecule has 1 aromatic heterocycles. The molecule has 2 rings (SSSR count). The Bertz CT molecular complexity index is 782. The molecule has 0 aliphatic heterocycles. The van der Waals surface area contributed by atoms with Crippen molar-refractivity contribution in [1.82, 2.24) is 0 Å². The van der Waals surface area contributed by atoms with E-state index in [1.54, 1.807) is 19.1 Å². The van der Waals surface area contributed by atoms with Crippen molar-refractivity contribution in [2.75, 3.05) is 12.9 Å². The van der Waals surface area contributed by atoms with E-state index in [9.17, 15) is 19.7 Å². The number of esters is 2. The van der Waals surface area contributed by atoms with Gasteiger partial charge in [0, 0.05) is 17.0 Å². The molecule has 0 radical (unpaired) electrons. The predicted octanol–water partition coefficient (Wildman–Crippen LogP) is 3.12. The number of methoxy groups -OCH3 is 1. The van der Waals surface area contributed by atoms with Crippen LogP contribution in [0.1, 0.15) is 21.9 Å². The molecule has 2 aromatic rings. The van der Waals surface area contributed by atoms with Crippen LogP contribution in [0.2, 0.25) is 0 Å². The van der Waals surface area contributed by atoms with E-state index < -0.39 is 16.9 Å². The van der Waals surface area contributed by atoms with Crippen LogP contribution in [0.5, 0.6) is 0 Å². The third-order valence-electron chi connectivity index (χ3n) is 3.15. The highest BCUT2D eigenvalue weighted by molar-refractivity contribution is 8.00. The highest BCUT2D eigenvalue weighted by Gasteiger charge is 2.16. The summed E-state index contributed by atoms with van der Waals surface area (Å²) in [6.07, 6.45) is 0. The van der Waals surface area contributed by atoms with Crippen molar-refractivity contribution in [3.63, 3.8) is 0 Å². The molecule has 0 saturated carbocycles. The molecule has 9 heteroatoms. The molecule has 0 fully saturated rings. The van der Waals surface area contributed by atoms with Gasteiger partial charge in [0.1, 0.15) is 23.7 Å². The number of aryl methyl sites for hydroxylation is 1. The van der Waals surface area contributed by atoms with Gasteiger partial charge in [0.2, 0.25) is 0 Å². The van der Waals surface area contributed by atoms with Crippen molar-refractivity contribution in [3.8, 4) is 0 Å². The van der Waals surface area contributed by atoms with Gasteiger partial charge in [-0.1, -0.05) is 0 Å². The number of furan rings is 1. The topological polar surface area (TPSA) is 109 Å². The first-order chi connectivity index (χ1) is 11.9. The lowest BCUT2D eigenvalue weighted by Gasteiger charge is -2.03. The number of ether oxygens (including phenoxy) is 2. The lowest BCUT2D eigenvalue weighted by molar-refractivity contribution is -0.384. The Morgan fingerprint density at radius 2 is 1.96 bits per heavy atom. The Hall–Kier alpha value is -2.81. The number of hydrogen-bond acceptors (Lipinski definition) is 8. The van der Waals surface area contributed by atoms with Gasteiger partial charge < -0.3 is 13.9 Å². The zero-order chi connectivity index (χ0) is 18.4. The quantitative estimate of drug-likeness (QED) is 0.319. The number of nitro benzene ring substituents is 1. The standard InChI is InChI=1S/C16H15NO7S/c1-10-14(16(19)22-2)7-12(24-10)8-23-15(18)9-25-13-5-3-11(4-6-13)17(20)21/h3-7H,8-9H2,1-2H3. The molecule has 8 nitrogen and oxygen atoms in total. The third-order valence-corrected chi connectivity index (χ3v) is 4.14. The molecule has 0 unspecified atom stereocenters. The summed E-state index contributed by atoms with van der Waals surface area (Å²) >= 11 is 1.20. The molecule has 0 N–H and O–H groups in total. The first kappa shape index (κ1) is 18.5. The molecule has 0 bridgehead atoms. The molecule has 1 heterocycles.